The van der Waals surface area contributed by atoms with E-state index in [4.69, 9.17) is 5.73 Å². The first-order chi connectivity index (χ1) is 7.29. The van der Waals surface area contributed by atoms with Crippen LogP contribution in [0.25, 0.3) is 0 Å². The molecule has 2 N–H and O–H groups in total. The van der Waals surface area contributed by atoms with Gasteiger partial charge in [0, 0.05) is 13.1 Å². The average Bonchev–Trinajstić information content (AvgIpc) is 2.82. The van der Waals surface area contributed by atoms with E-state index in [1.54, 1.807) is 0 Å². The molecule has 3 heteroatoms. The predicted molar refractivity (Wildman–Crippen MR) is 60.2 cm³/mol. The Bertz CT molecular complexity index is 301. The van der Waals surface area contributed by atoms with Crippen LogP contribution in [0.4, 0.5) is 0 Å². The topological polar surface area (TPSA) is 46.3 Å². The zero-order valence-electron chi connectivity index (χ0n) is 8.98. The summed E-state index contributed by atoms with van der Waals surface area (Å²) in [5.41, 5.74) is 7.06. The molecule has 1 amide bonds. The molecule has 1 heterocycles. The number of carbonyl (C=O) groups is 1. The highest BCUT2D eigenvalue weighted by molar-refractivity contribution is 5.85. The van der Waals surface area contributed by atoms with Crippen LogP contribution in [0.2, 0.25) is 0 Å². The summed E-state index contributed by atoms with van der Waals surface area (Å²) < 4.78 is 0. The van der Waals surface area contributed by atoms with Gasteiger partial charge >= 0.3 is 0 Å². The summed E-state index contributed by atoms with van der Waals surface area (Å²) in [7, 11) is 0. The molecular formula is C12H18N2O. The van der Waals surface area contributed by atoms with Crippen LogP contribution in [0.15, 0.2) is 23.8 Å². The van der Waals surface area contributed by atoms with Gasteiger partial charge in [0.25, 0.3) is 0 Å². The van der Waals surface area contributed by atoms with Crippen molar-refractivity contribution in [2.45, 2.75) is 31.7 Å². The number of allylic oxidation sites excluding steroid dienone is 3. The number of hydrogen-bond acceptors (Lipinski definition) is 2. The van der Waals surface area contributed by atoms with Crippen molar-refractivity contribution in [2.24, 2.45) is 5.73 Å². The van der Waals surface area contributed by atoms with Gasteiger partial charge in [-0.05, 0) is 31.3 Å². The van der Waals surface area contributed by atoms with E-state index in [-0.39, 0.29) is 5.91 Å². The van der Waals surface area contributed by atoms with Gasteiger partial charge in [-0.1, -0.05) is 18.2 Å². The molecule has 0 spiro atoms. The van der Waals surface area contributed by atoms with Gasteiger partial charge in [0.05, 0.1) is 0 Å². The van der Waals surface area contributed by atoms with Crippen molar-refractivity contribution in [2.75, 3.05) is 13.1 Å². The summed E-state index contributed by atoms with van der Waals surface area (Å²) in [6.07, 6.45) is 10.3. The predicted octanol–water partition coefficient (Wildman–Crippen LogP) is 1.21. The molecule has 1 aliphatic carbocycles. The van der Waals surface area contributed by atoms with E-state index < -0.39 is 6.04 Å². The minimum Gasteiger partial charge on any atom is -0.341 e. The second-order valence-corrected chi connectivity index (χ2v) is 4.22. The zero-order chi connectivity index (χ0) is 10.7. The van der Waals surface area contributed by atoms with Gasteiger partial charge in [-0.3, -0.25) is 4.79 Å². The molecular weight excluding hydrogens is 188 g/mol. The lowest BCUT2D eigenvalue weighted by Gasteiger charge is -2.22. The summed E-state index contributed by atoms with van der Waals surface area (Å²) in [6.45, 7) is 1.77. The van der Waals surface area contributed by atoms with Crippen LogP contribution < -0.4 is 5.73 Å². The van der Waals surface area contributed by atoms with Crippen molar-refractivity contribution in [3.63, 3.8) is 0 Å². The van der Waals surface area contributed by atoms with E-state index in [0.717, 1.165) is 44.3 Å². The molecule has 0 aromatic heterocycles. The van der Waals surface area contributed by atoms with Crippen molar-refractivity contribution in [1.29, 1.82) is 0 Å². The molecule has 0 radical (unpaired) electrons. The summed E-state index contributed by atoms with van der Waals surface area (Å²) >= 11 is 0. The minimum absolute atomic E-state index is 0.106. The van der Waals surface area contributed by atoms with Gasteiger partial charge in [0.1, 0.15) is 6.04 Å². The smallest absolute Gasteiger partial charge is 0.243 e. The highest BCUT2D eigenvalue weighted by Crippen LogP contribution is 2.17. The maximum atomic E-state index is 12.0. The molecule has 15 heavy (non-hydrogen) atoms. The Morgan fingerprint density at radius 3 is 2.73 bits per heavy atom. The monoisotopic (exact) mass is 206 g/mol. The average molecular weight is 206 g/mol. The minimum atomic E-state index is -0.409. The molecule has 1 unspecified atom stereocenters. The third kappa shape index (κ3) is 2.29. The third-order valence-electron chi connectivity index (χ3n) is 3.13. The van der Waals surface area contributed by atoms with E-state index >= 15 is 0 Å². The summed E-state index contributed by atoms with van der Waals surface area (Å²) in [5, 5.41) is 0. The number of hydrogen-bond donors (Lipinski definition) is 1. The third-order valence-corrected chi connectivity index (χ3v) is 3.13. The Balaban J connectivity index is 1.99. The van der Waals surface area contributed by atoms with Crippen LogP contribution in [0.3, 0.4) is 0 Å². The van der Waals surface area contributed by atoms with Crippen molar-refractivity contribution in [3.8, 4) is 0 Å². The Morgan fingerprint density at radius 1 is 1.40 bits per heavy atom. The second kappa shape index (κ2) is 4.62. The molecule has 82 valence electrons. The normalized spacial score (nSPS) is 22.7. The van der Waals surface area contributed by atoms with Crippen molar-refractivity contribution in [3.05, 3.63) is 23.8 Å². The largest absolute Gasteiger partial charge is 0.341 e. The fourth-order valence-corrected chi connectivity index (χ4v) is 2.17. The van der Waals surface area contributed by atoms with Crippen LogP contribution in [0.5, 0.6) is 0 Å². The van der Waals surface area contributed by atoms with E-state index in [2.05, 4.69) is 6.08 Å². The van der Waals surface area contributed by atoms with Crippen molar-refractivity contribution >= 4 is 5.91 Å². The number of nitrogens with two attached hydrogens (primary N) is 1. The molecule has 2 rings (SSSR count). The molecule has 1 atom stereocenters. The van der Waals surface area contributed by atoms with E-state index in [9.17, 15) is 4.79 Å². The molecule has 2 aliphatic rings. The van der Waals surface area contributed by atoms with Crippen molar-refractivity contribution < 1.29 is 4.79 Å². The molecule has 0 aromatic rings. The molecule has 1 aliphatic heterocycles. The molecule has 0 saturated carbocycles. The lowest BCUT2D eigenvalue weighted by molar-refractivity contribution is -0.130. The number of nitrogens with zero attached hydrogens (tertiary/aromatic N) is 1. The first-order valence-electron chi connectivity index (χ1n) is 5.69. The van der Waals surface area contributed by atoms with Gasteiger partial charge in [-0.15, -0.1) is 0 Å². The quantitative estimate of drug-likeness (QED) is 0.738. The highest BCUT2D eigenvalue weighted by Gasteiger charge is 2.25. The van der Waals surface area contributed by atoms with Crippen LogP contribution in [0.1, 0.15) is 25.7 Å². The summed E-state index contributed by atoms with van der Waals surface area (Å²) in [6, 6.07) is -0.409. The van der Waals surface area contributed by atoms with Crippen LogP contribution in [-0.4, -0.2) is 29.9 Å². The second-order valence-electron chi connectivity index (χ2n) is 4.22. The fraction of sp³-hybridized carbons (Fsp3) is 0.583. The number of likely N-dealkylation sites (tertiary alicyclic amines) is 1. The Morgan fingerprint density at radius 2 is 2.13 bits per heavy atom. The number of carbonyl (C=O) groups excluding carboxylic acids is 1. The Hall–Kier alpha value is -1.09. The first kappa shape index (κ1) is 10.4. The lowest BCUT2D eigenvalue weighted by atomic mass is 9.97. The maximum absolute atomic E-state index is 12.0. The SMILES string of the molecule is NC(C(=O)N1CCCC1)C1=CC=CCC1. The maximum Gasteiger partial charge on any atom is 0.243 e. The molecule has 3 nitrogen and oxygen atoms in total. The van der Waals surface area contributed by atoms with E-state index in [1.807, 2.05) is 17.1 Å². The summed E-state index contributed by atoms with van der Waals surface area (Å²) in [4.78, 5) is 13.9. The van der Waals surface area contributed by atoms with Crippen LogP contribution in [0, 0.1) is 0 Å². The van der Waals surface area contributed by atoms with Gasteiger partial charge in [-0.25, -0.2) is 0 Å². The summed E-state index contributed by atoms with van der Waals surface area (Å²) in [5.74, 6) is 0.106. The molecule has 0 aromatic carbocycles. The van der Waals surface area contributed by atoms with Gasteiger partial charge in [0.15, 0.2) is 0 Å². The van der Waals surface area contributed by atoms with Gasteiger partial charge in [0.2, 0.25) is 5.91 Å². The fourth-order valence-electron chi connectivity index (χ4n) is 2.17. The standard InChI is InChI=1S/C12H18N2O/c13-11(10-6-2-1-3-7-10)12(15)14-8-4-5-9-14/h1-2,6,11H,3-5,7-9,13H2. The number of rotatable bonds is 2. The lowest BCUT2D eigenvalue weighted by Crippen LogP contribution is -2.43. The van der Waals surface area contributed by atoms with E-state index in [0.29, 0.717) is 0 Å². The van der Waals surface area contributed by atoms with Crippen LogP contribution >= 0.6 is 0 Å². The molecule has 1 saturated heterocycles. The van der Waals surface area contributed by atoms with Gasteiger partial charge in [-0.2, -0.15) is 0 Å². The Kier molecular flexibility index (Phi) is 3.21. The highest BCUT2D eigenvalue weighted by atomic mass is 16.2. The Labute approximate surface area is 90.6 Å². The number of amides is 1. The van der Waals surface area contributed by atoms with Crippen LogP contribution in [-0.2, 0) is 4.79 Å². The van der Waals surface area contributed by atoms with Gasteiger partial charge < -0.3 is 10.6 Å². The first-order valence-corrected chi connectivity index (χ1v) is 5.69. The molecule has 1 fully saturated rings. The zero-order valence-corrected chi connectivity index (χ0v) is 8.98. The molecule has 0 bridgehead atoms. The van der Waals surface area contributed by atoms with Crippen molar-refractivity contribution in [1.82, 2.24) is 4.90 Å². The van der Waals surface area contributed by atoms with E-state index in [1.165, 1.54) is 0 Å².